The van der Waals surface area contributed by atoms with Gasteiger partial charge < -0.3 is 14.3 Å². The molecular formula is C11H8NO3-. The van der Waals surface area contributed by atoms with E-state index in [0.29, 0.717) is 5.56 Å². The van der Waals surface area contributed by atoms with Gasteiger partial charge in [0, 0.05) is 5.56 Å². The molecule has 4 heteroatoms. The van der Waals surface area contributed by atoms with Crippen molar-refractivity contribution < 1.29 is 14.3 Å². The lowest BCUT2D eigenvalue weighted by Gasteiger charge is -2.01. The number of rotatable bonds is 2. The average Bonchev–Trinajstić information content (AvgIpc) is 2.67. The fourth-order valence-electron chi connectivity index (χ4n) is 1.30. The van der Waals surface area contributed by atoms with Crippen LogP contribution in [-0.2, 0) is 0 Å². The summed E-state index contributed by atoms with van der Waals surface area (Å²) in [7, 11) is 0. The number of carboxylic acid groups (broad SMARTS) is 1. The second-order valence-electron chi connectivity index (χ2n) is 3.18. The van der Waals surface area contributed by atoms with E-state index in [0.717, 1.165) is 12.0 Å². The van der Waals surface area contributed by atoms with Gasteiger partial charge in [0.25, 0.3) is 0 Å². The van der Waals surface area contributed by atoms with Crippen LogP contribution in [0.2, 0.25) is 0 Å². The van der Waals surface area contributed by atoms with E-state index < -0.39 is 5.97 Å². The van der Waals surface area contributed by atoms with Gasteiger partial charge in [-0.05, 0) is 6.92 Å². The van der Waals surface area contributed by atoms with Crippen LogP contribution >= 0.6 is 0 Å². The Morgan fingerprint density at radius 2 is 2.00 bits per heavy atom. The highest BCUT2D eigenvalue weighted by atomic mass is 16.4. The van der Waals surface area contributed by atoms with Gasteiger partial charge in [0.2, 0.25) is 0 Å². The van der Waals surface area contributed by atoms with Crippen molar-refractivity contribution in [2.75, 3.05) is 0 Å². The largest absolute Gasteiger partial charge is 0.543 e. The Hall–Kier alpha value is -2.10. The maximum atomic E-state index is 10.7. The molecule has 0 radical (unpaired) electrons. The Bertz CT molecular complexity index is 485. The Labute approximate surface area is 86.2 Å². The summed E-state index contributed by atoms with van der Waals surface area (Å²) in [5.41, 5.74) is 1.60. The summed E-state index contributed by atoms with van der Waals surface area (Å²) >= 11 is 0. The molecule has 0 aliphatic heterocycles. The Morgan fingerprint density at radius 1 is 1.33 bits per heavy atom. The number of aromatic carboxylic acids is 1. The van der Waals surface area contributed by atoms with Crippen LogP contribution in [0.4, 0.5) is 0 Å². The van der Waals surface area contributed by atoms with E-state index in [4.69, 9.17) is 4.42 Å². The molecule has 0 N–H and O–H groups in total. The number of benzene rings is 1. The Balaban J connectivity index is 2.49. The smallest absolute Gasteiger partial charge is 0.182 e. The minimum absolute atomic E-state index is 0.168. The number of carbonyl (C=O) groups excluding carboxylic acids is 1. The van der Waals surface area contributed by atoms with E-state index in [1.54, 1.807) is 12.1 Å². The molecular weight excluding hydrogens is 194 g/mol. The molecule has 2 aromatic rings. The minimum Gasteiger partial charge on any atom is -0.543 e. The van der Waals surface area contributed by atoms with E-state index in [2.05, 4.69) is 4.98 Å². The van der Waals surface area contributed by atoms with Gasteiger partial charge in [-0.2, -0.15) is 0 Å². The molecule has 15 heavy (non-hydrogen) atoms. The molecule has 0 atom stereocenters. The van der Waals surface area contributed by atoms with E-state index in [-0.39, 0.29) is 11.5 Å². The predicted molar refractivity (Wildman–Crippen MR) is 51.0 cm³/mol. The number of aryl methyl sites for hydroxylation is 1. The fraction of sp³-hybridized carbons (Fsp3) is 0.0909. The molecule has 1 heterocycles. The first kappa shape index (κ1) is 9.45. The third-order valence-corrected chi connectivity index (χ3v) is 2.07. The quantitative estimate of drug-likeness (QED) is 0.729. The zero-order chi connectivity index (χ0) is 10.8. The lowest BCUT2D eigenvalue weighted by Crippen LogP contribution is -2.23. The zero-order valence-corrected chi connectivity index (χ0v) is 8.06. The second-order valence-corrected chi connectivity index (χ2v) is 3.18. The van der Waals surface area contributed by atoms with Crippen molar-refractivity contribution >= 4 is 5.97 Å². The number of oxazole rings is 1. The molecule has 1 aromatic heterocycles. The van der Waals surface area contributed by atoms with Crippen LogP contribution in [0.5, 0.6) is 0 Å². The lowest BCUT2D eigenvalue weighted by molar-refractivity contribution is -0.255. The van der Waals surface area contributed by atoms with Gasteiger partial charge in [-0.15, -0.1) is 0 Å². The normalized spacial score (nSPS) is 10.2. The van der Waals surface area contributed by atoms with Crippen LogP contribution in [0.3, 0.4) is 0 Å². The van der Waals surface area contributed by atoms with Gasteiger partial charge in [-0.1, -0.05) is 29.8 Å². The van der Waals surface area contributed by atoms with Crippen LogP contribution in [0.15, 0.2) is 35.1 Å². The molecule has 0 aliphatic carbocycles. The fourth-order valence-corrected chi connectivity index (χ4v) is 1.30. The van der Waals surface area contributed by atoms with E-state index in [9.17, 15) is 9.90 Å². The van der Waals surface area contributed by atoms with Gasteiger partial charge in [0.05, 0.1) is 5.97 Å². The molecule has 0 fully saturated rings. The number of carboxylic acids is 1. The number of aromatic nitrogens is 1. The van der Waals surface area contributed by atoms with Gasteiger partial charge in [-0.3, -0.25) is 0 Å². The standard InChI is InChI=1S/C11H9NO3/c1-7-2-4-8(5-3-7)10-9(11(13)14)12-6-15-10/h2-6H,1H3,(H,13,14)/p-1. The van der Waals surface area contributed by atoms with Crippen LogP contribution in [0.1, 0.15) is 16.1 Å². The number of nitrogens with zero attached hydrogens (tertiary/aromatic N) is 1. The van der Waals surface area contributed by atoms with Gasteiger partial charge >= 0.3 is 0 Å². The van der Waals surface area contributed by atoms with Crippen molar-refractivity contribution in [3.05, 3.63) is 41.9 Å². The first-order valence-electron chi connectivity index (χ1n) is 4.40. The van der Waals surface area contributed by atoms with Gasteiger partial charge in [-0.25, -0.2) is 4.98 Å². The third kappa shape index (κ3) is 1.74. The Morgan fingerprint density at radius 3 is 2.60 bits per heavy atom. The molecule has 1 aromatic carbocycles. The van der Waals surface area contributed by atoms with Crippen LogP contribution in [0.25, 0.3) is 11.3 Å². The monoisotopic (exact) mass is 202 g/mol. The van der Waals surface area contributed by atoms with Crippen molar-refractivity contribution in [3.8, 4) is 11.3 Å². The summed E-state index contributed by atoms with van der Waals surface area (Å²) in [5, 5.41) is 10.7. The molecule has 0 saturated carbocycles. The van der Waals surface area contributed by atoms with Crippen molar-refractivity contribution in [2.45, 2.75) is 6.92 Å². The summed E-state index contributed by atoms with van der Waals surface area (Å²) < 4.78 is 5.02. The van der Waals surface area contributed by atoms with E-state index >= 15 is 0 Å². The molecule has 0 bridgehead atoms. The topological polar surface area (TPSA) is 66.2 Å². The number of hydrogen-bond acceptors (Lipinski definition) is 4. The molecule has 0 unspecified atom stereocenters. The number of carbonyl (C=O) groups is 1. The molecule has 4 nitrogen and oxygen atoms in total. The average molecular weight is 202 g/mol. The summed E-state index contributed by atoms with van der Waals surface area (Å²) in [6.45, 7) is 1.95. The lowest BCUT2D eigenvalue weighted by atomic mass is 10.1. The molecule has 0 spiro atoms. The first-order valence-corrected chi connectivity index (χ1v) is 4.40. The van der Waals surface area contributed by atoms with Crippen LogP contribution in [0, 0.1) is 6.92 Å². The number of hydrogen-bond donors (Lipinski definition) is 0. The summed E-state index contributed by atoms with van der Waals surface area (Å²) in [6.07, 6.45) is 1.10. The van der Waals surface area contributed by atoms with E-state index in [1.165, 1.54) is 0 Å². The second kappa shape index (κ2) is 3.57. The Kier molecular flexibility index (Phi) is 2.25. The molecule has 0 aliphatic rings. The van der Waals surface area contributed by atoms with Gasteiger partial charge in [0.1, 0.15) is 5.69 Å². The molecule has 76 valence electrons. The van der Waals surface area contributed by atoms with Crippen molar-refractivity contribution in [3.63, 3.8) is 0 Å². The predicted octanol–water partition coefficient (Wildman–Crippen LogP) is 1.01. The molecule has 2 rings (SSSR count). The minimum atomic E-state index is -1.33. The van der Waals surface area contributed by atoms with Crippen LogP contribution < -0.4 is 5.11 Å². The highest BCUT2D eigenvalue weighted by Gasteiger charge is 2.10. The third-order valence-electron chi connectivity index (χ3n) is 2.07. The van der Waals surface area contributed by atoms with Crippen molar-refractivity contribution in [1.29, 1.82) is 0 Å². The summed E-state index contributed by atoms with van der Waals surface area (Å²) in [4.78, 5) is 14.3. The first-order chi connectivity index (χ1) is 7.18. The highest BCUT2D eigenvalue weighted by Crippen LogP contribution is 2.22. The molecule has 0 saturated heterocycles. The van der Waals surface area contributed by atoms with E-state index in [1.807, 2.05) is 19.1 Å². The van der Waals surface area contributed by atoms with Crippen molar-refractivity contribution in [2.24, 2.45) is 0 Å². The molecule has 0 amide bonds. The SMILES string of the molecule is Cc1ccc(-c2ocnc2C(=O)[O-])cc1. The van der Waals surface area contributed by atoms with Gasteiger partial charge in [0.15, 0.2) is 12.2 Å². The van der Waals surface area contributed by atoms with Crippen LogP contribution in [-0.4, -0.2) is 11.0 Å². The van der Waals surface area contributed by atoms with Crippen molar-refractivity contribution in [1.82, 2.24) is 4.98 Å². The maximum absolute atomic E-state index is 10.7. The summed E-state index contributed by atoms with van der Waals surface area (Å²) in [5.74, 6) is -1.10. The zero-order valence-electron chi connectivity index (χ0n) is 8.06. The highest BCUT2D eigenvalue weighted by molar-refractivity contribution is 5.90. The summed E-state index contributed by atoms with van der Waals surface area (Å²) in [6, 6.07) is 7.30. The maximum Gasteiger partial charge on any atom is 0.182 e.